The maximum atomic E-state index is 12.4. The molecule has 0 aliphatic carbocycles. The van der Waals surface area contributed by atoms with E-state index in [0.717, 1.165) is 38.0 Å². The second kappa shape index (κ2) is 11.3. The molecule has 2 aromatic carbocycles. The van der Waals surface area contributed by atoms with Crippen molar-refractivity contribution in [2.75, 3.05) is 25.0 Å². The van der Waals surface area contributed by atoms with Crippen molar-refractivity contribution in [1.82, 2.24) is 10.2 Å². The third-order valence-electron chi connectivity index (χ3n) is 5.06. The first-order chi connectivity index (χ1) is 15.3. The van der Waals surface area contributed by atoms with Crippen LogP contribution in [0.15, 0.2) is 59.5 Å². The second-order valence-corrected chi connectivity index (χ2v) is 10.3. The molecule has 1 heterocycles. The molecule has 0 saturated carbocycles. The number of nitrogens with zero attached hydrogens (tertiary/aromatic N) is 1. The number of likely N-dealkylation sites (tertiary alicyclic amines) is 1. The van der Waals surface area contributed by atoms with E-state index in [1.165, 1.54) is 10.5 Å². The number of thioether (sulfide) groups is 1. The summed E-state index contributed by atoms with van der Waals surface area (Å²) in [5.74, 6) is 0. The van der Waals surface area contributed by atoms with Gasteiger partial charge >= 0.3 is 12.1 Å². The van der Waals surface area contributed by atoms with Crippen molar-refractivity contribution in [1.29, 1.82) is 0 Å². The molecule has 0 spiro atoms. The summed E-state index contributed by atoms with van der Waals surface area (Å²) in [6.07, 6.45) is 2.34. The van der Waals surface area contributed by atoms with Crippen molar-refractivity contribution in [3.8, 4) is 0 Å². The van der Waals surface area contributed by atoms with E-state index >= 15 is 0 Å². The van der Waals surface area contributed by atoms with Gasteiger partial charge in [0.15, 0.2) is 0 Å². The van der Waals surface area contributed by atoms with Crippen molar-refractivity contribution in [3.63, 3.8) is 0 Å². The number of anilines is 1. The standard InChI is InChI=1S/C25H33N3O3S/c1-25(2,3)31-24(30)26-16-13-19-9-11-21(12-10-19)32-22-14-17-28(18-15-22)23(29)27-20-7-5-4-6-8-20/h4-12,22H,13-18H2,1-3H3,(H,26,30)(H,27,29). The number of carbonyl (C=O) groups is 2. The van der Waals surface area contributed by atoms with Gasteiger partial charge in [0.2, 0.25) is 0 Å². The van der Waals surface area contributed by atoms with Crippen LogP contribution in [0.5, 0.6) is 0 Å². The Kier molecular flexibility index (Phi) is 8.45. The number of hydrogen-bond donors (Lipinski definition) is 2. The number of ether oxygens (including phenoxy) is 1. The van der Waals surface area contributed by atoms with Gasteiger partial charge in [-0.25, -0.2) is 9.59 Å². The summed E-state index contributed by atoms with van der Waals surface area (Å²) in [6, 6.07) is 18.1. The van der Waals surface area contributed by atoms with Crippen molar-refractivity contribution in [2.45, 2.75) is 55.8 Å². The Bertz CT molecular complexity index is 874. The minimum atomic E-state index is -0.481. The Morgan fingerprint density at radius 1 is 1.03 bits per heavy atom. The van der Waals surface area contributed by atoms with E-state index in [1.807, 2.05) is 67.8 Å². The smallest absolute Gasteiger partial charge is 0.407 e. The lowest BCUT2D eigenvalue weighted by molar-refractivity contribution is 0.0528. The van der Waals surface area contributed by atoms with E-state index in [2.05, 4.69) is 34.9 Å². The van der Waals surface area contributed by atoms with Crippen LogP contribution in [0.3, 0.4) is 0 Å². The van der Waals surface area contributed by atoms with Gasteiger partial charge in [-0.2, -0.15) is 0 Å². The number of carbonyl (C=O) groups excluding carboxylic acids is 2. The van der Waals surface area contributed by atoms with Gasteiger partial charge in [0.25, 0.3) is 0 Å². The number of nitrogens with one attached hydrogen (secondary N) is 2. The van der Waals surface area contributed by atoms with E-state index in [4.69, 9.17) is 4.74 Å². The SMILES string of the molecule is CC(C)(C)OC(=O)NCCc1ccc(SC2CCN(C(=O)Nc3ccccc3)CC2)cc1. The molecule has 7 heteroatoms. The highest BCUT2D eigenvalue weighted by Gasteiger charge is 2.23. The molecule has 1 aliphatic rings. The molecule has 3 rings (SSSR count). The van der Waals surface area contributed by atoms with Crippen LogP contribution in [0.25, 0.3) is 0 Å². The predicted molar refractivity (Wildman–Crippen MR) is 130 cm³/mol. The molecular formula is C25H33N3O3S. The molecule has 32 heavy (non-hydrogen) atoms. The molecule has 0 bridgehead atoms. The molecule has 0 unspecified atom stereocenters. The zero-order chi connectivity index (χ0) is 23.0. The fraction of sp³-hybridized carbons (Fsp3) is 0.440. The summed E-state index contributed by atoms with van der Waals surface area (Å²) < 4.78 is 5.25. The molecule has 0 atom stereocenters. The number of urea groups is 1. The number of benzene rings is 2. The monoisotopic (exact) mass is 455 g/mol. The van der Waals surface area contributed by atoms with Crippen LogP contribution >= 0.6 is 11.8 Å². The average molecular weight is 456 g/mol. The molecule has 6 nitrogen and oxygen atoms in total. The van der Waals surface area contributed by atoms with Gasteiger partial charge in [0.05, 0.1) is 0 Å². The van der Waals surface area contributed by atoms with E-state index in [9.17, 15) is 9.59 Å². The molecule has 1 aliphatic heterocycles. The third kappa shape index (κ3) is 8.11. The van der Waals surface area contributed by atoms with Gasteiger partial charge in [0, 0.05) is 35.5 Å². The summed E-state index contributed by atoms with van der Waals surface area (Å²) in [5.41, 5.74) is 1.53. The zero-order valence-corrected chi connectivity index (χ0v) is 19.9. The minimum absolute atomic E-state index is 0.0241. The highest BCUT2D eigenvalue weighted by molar-refractivity contribution is 8.00. The van der Waals surface area contributed by atoms with Crippen molar-refractivity contribution in [3.05, 3.63) is 60.2 Å². The average Bonchev–Trinajstić information content (AvgIpc) is 2.75. The first-order valence-corrected chi connectivity index (χ1v) is 12.0. The number of para-hydroxylation sites is 1. The maximum Gasteiger partial charge on any atom is 0.407 e. The van der Waals surface area contributed by atoms with Crippen LogP contribution in [0.1, 0.15) is 39.2 Å². The van der Waals surface area contributed by atoms with E-state index in [-0.39, 0.29) is 12.1 Å². The summed E-state index contributed by atoms with van der Waals surface area (Å²) in [4.78, 5) is 27.3. The van der Waals surface area contributed by atoms with Crippen molar-refractivity contribution in [2.24, 2.45) is 0 Å². The predicted octanol–water partition coefficient (Wildman–Crippen LogP) is 5.54. The molecule has 0 radical (unpaired) electrons. The lowest BCUT2D eigenvalue weighted by Crippen LogP contribution is -2.41. The van der Waals surface area contributed by atoms with Crippen LogP contribution < -0.4 is 10.6 Å². The Balaban J connectivity index is 1.37. The zero-order valence-electron chi connectivity index (χ0n) is 19.1. The number of piperidine rings is 1. The first-order valence-electron chi connectivity index (χ1n) is 11.1. The molecule has 3 amide bonds. The molecule has 2 N–H and O–H groups in total. The van der Waals surface area contributed by atoms with Crippen molar-refractivity contribution >= 4 is 29.6 Å². The van der Waals surface area contributed by atoms with E-state index in [0.29, 0.717) is 11.8 Å². The largest absolute Gasteiger partial charge is 0.444 e. The van der Waals surface area contributed by atoms with Gasteiger partial charge in [-0.3, -0.25) is 0 Å². The minimum Gasteiger partial charge on any atom is -0.444 e. The van der Waals surface area contributed by atoms with E-state index < -0.39 is 5.60 Å². The van der Waals surface area contributed by atoms with Gasteiger partial charge in [0.1, 0.15) is 5.60 Å². The number of hydrogen-bond acceptors (Lipinski definition) is 4. The van der Waals surface area contributed by atoms with Gasteiger partial charge in [-0.1, -0.05) is 30.3 Å². The topological polar surface area (TPSA) is 70.7 Å². The summed E-state index contributed by atoms with van der Waals surface area (Å²) >= 11 is 1.88. The molecule has 2 aromatic rings. The van der Waals surface area contributed by atoms with Crippen LogP contribution in [0, 0.1) is 0 Å². The Morgan fingerprint density at radius 3 is 2.31 bits per heavy atom. The summed E-state index contributed by atoms with van der Waals surface area (Å²) in [6.45, 7) is 7.64. The molecule has 1 fully saturated rings. The second-order valence-electron chi connectivity index (χ2n) is 8.92. The number of alkyl carbamates (subject to hydrolysis) is 1. The molecular weight excluding hydrogens is 422 g/mol. The normalized spacial score (nSPS) is 14.7. The lowest BCUT2D eigenvalue weighted by Gasteiger charge is -2.31. The molecule has 172 valence electrons. The Labute approximate surface area is 195 Å². The highest BCUT2D eigenvalue weighted by Crippen LogP contribution is 2.30. The number of amides is 3. The lowest BCUT2D eigenvalue weighted by atomic mass is 10.1. The van der Waals surface area contributed by atoms with Crippen molar-refractivity contribution < 1.29 is 14.3 Å². The van der Waals surface area contributed by atoms with Crippen LogP contribution in [0.2, 0.25) is 0 Å². The highest BCUT2D eigenvalue weighted by atomic mass is 32.2. The summed E-state index contributed by atoms with van der Waals surface area (Å²) in [7, 11) is 0. The van der Waals surface area contributed by atoms with Crippen LogP contribution in [0.4, 0.5) is 15.3 Å². The third-order valence-corrected chi connectivity index (χ3v) is 6.41. The first kappa shape index (κ1) is 24.0. The quantitative estimate of drug-likeness (QED) is 0.600. The Morgan fingerprint density at radius 2 is 1.69 bits per heavy atom. The van der Waals surface area contributed by atoms with Gasteiger partial charge in [-0.05, 0) is 69.9 Å². The van der Waals surface area contributed by atoms with Gasteiger partial charge < -0.3 is 20.3 Å². The van der Waals surface area contributed by atoms with Gasteiger partial charge in [-0.15, -0.1) is 11.8 Å². The van der Waals surface area contributed by atoms with E-state index in [1.54, 1.807) is 0 Å². The Hall–Kier alpha value is -2.67. The fourth-order valence-electron chi connectivity index (χ4n) is 3.45. The van der Waals surface area contributed by atoms with Crippen LogP contribution in [-0.2, 0) is 11.2 Å². The number of rotatable bonds is 6. The fourth-order valence-corrected chi connectivity index (χ4v) is 4.58. The van der Waals surface area contributed by atoms with Crippen LogP contribution in [-0.4, -0.2) is 47.5 Å². The maximum absolute atomic E-state index is 12.4. The molecule has 1 saturated heterocycles. The summed E-state index contributed by atoms with van der Waals surface area (Å²) in [5, 5.41) is 6.27. The molecule has 0 aromatic heterocycles.